The Bertz CT molecular complexity index is 282. The van der Waals surface area contributed by atoms with Crippen LogP contribution in [0.4, 0.5) is 0 Å². The number of rotatable bonds is 5. The van der Waals surface area contributed by atoms with Gasteiger partial charge in [-0.05, 0) is 18.4 Å². The molecule has 2 nitrogen and oxygen atoms in total. The van der Waals surface area contributed by atoms with Gasteiger partial charge in [-0.25, -0.2) is 0 Å². The minimum absolute atomic E-state index is 0.154. The van der Waals surface area contributed by atoms with Crippen LogP contribution in [0, 0.1) is 0 Å². The van der Waals surface area contributed by atoms with Crippen LogP contribution in [-0.4, -0.2) is 11.8 Å². The second-order valence-electron chi connectivity index (χ2n) is 3.45. The molecule has 76 valence electrons. The maximum atomic E-state index is 11.2. The summed E-state index contributed by atoms with van der Waals surface area (Å²) < 4.78 is 0. The number of benzene rings is 1. The number of Topliss-reactive ketones (excluding diaryl/α,β-unsaturated/α-hetero) is 1. The van der Waals surface area contributed by atoms with E-state index in [1.54, 1.807) is 0 Å². The molecule has 0 amide bonds. The van der Waals surface area contributed by atoms with Crippen LogP contribution < -0.4 is 5.73 Å². The van der Waals surface area contributed by atoms with Crippen molar-refractivity contribution in [3.05, 3.63) is 35.9 Å². The van der Waals surface area contributed by atoms with Crippen LogP contribution in [0.1, 0.15) is 25.3 Å². The van der Waals surface area contributed by atoms with Crippen molar-refractivity contribution < 1.29 is 4.79 Å². The van der Waals surface area contributed by atoms with E-state index < -0.39 is 0 Å². The standard InChI is InChI=1S/C12H17NO/c1-2-12(14)11(13)9-8-10-6-4-3-5-7-10/h3-7,11H,2,8-9,13H2,1H3. The molecule has 0 aliphatic carbocycles. The van der Waals surface area contributed by atoms with Crippen LogP contribution in [0.2, 0.25) is 0 Å². The maximum Gasteiger partial charge on any atom is 0.149 e. The van der Waals surface area contributed by atoms with Gasteiger partial charge in [-0.2, -0.15) is 0 Å². The third-order valence-corrected chi connectivity index (χ3v) is 2.35. The summed E-state index contributed by atoms with van der Waals surface area (Å²) >= 11 is 0. The highest BCUT2D eigenvalue weighted by Crippen LogP contribution is 2.05. The summed E-state index contributed by atoms with van der Waals surface area (Å²) in [6.45, 7) is 1.85. The zero-order valence-electron chi connectivity index (χ0n) is 8.57. The van der Waals surface area contributed by atoms with Crippen LogP contribution in [0.3, 0.4) is 0 Å². The highest BCUT2D eigenvalue weighted by molar-refractivity contribution is 5.83. The number of carbonyl (C=O) groups is 1. The van der Waals surface area contributed by atoms with Gasteiger partial charge in [0, 0.05) is 6.42 Å². The maximum absolute atomic E-state index is 11.2. The minimum Gasteiger partial charge on any atom is -0.321 e. The predicted molar refractivity (Wildman–Crippen MR) is 58.0 cm³/mol. The van der Waals surface area contributed by atoms with Gasteiger partial charge >= 0.3 is 0 Å². The number of hydrogen-bond donors (Lipinski definition) is 1. The molecule has 14 heavy (non-hydrogen) atoms. The Labute approximate surface area is 85.1 Å². The van der Waals surface area contributed by atoms with Crippen molar-refractivity contribution in [1.29, 1.82) is 0 Å². The van der Waals surface area contributed by atoms with E-state index in [2.05, 4.69) is 12.1 Å². The van der Waals surface area contributed by atoms with Crippen LogP contribution in [0.5, 0.6) is 0 Å². The summed E-state index contributed by atoms with van der Waals surface area (Å²) in [6, 6.07) is 9.82. The number of nitrogens with two attached hydrogens (primary N) is 1. The van der Waals surface area contributed by atoms with Crippen LogP contribution in [-0.2, 0) is 11.2 Å². The largest absolute Gasteiger partial charge is 0.321 e. The molecule has 0 aliphatic rings. The molecular formula is C12H17NO. The Balaban J connectivity index is 2.38. The fraction of sp³-hybridized carbons (Fsp3) is 0.417. The first-order chi connectivity index (χ1) is 6.74. The normalized spacial score (nSPS) is 12.4. The lowest BCUT2D eigenvalue weighted by molar-refractivity contribution is -0.120. The molecule has 2 N–H and O–H groups in total. The van der Waals surface area contributed by atoms with Gasteiger partial charge in [0.1, 0.15) is 5.78 Å². The van der Waals surface area contributed by atoms with Crippen LogP contribution in [0.25, 0.3) is 0 Å². The van der Waals surface area contributed by atoms with E-state index in [1.165, 1.54) is 5.56 Å². The van der Waals surface area contributed by atoms with Crippen molar-refractivity contribution in [2.75, 3.05) is 0 Å². The molecule has 0 spiro atoms. The fourth-order valence-electron chi connectivity index (χ4n) is 1.39. The zero-order chi connectivity index (χ0) is 10.4. The Morgan fingerprint density at radius 2 is 2.00 bits per heavy atom. The average molecular weight is 191 g/mol. The number of aryl methyl sites for hydroxylation is 1. The minimum atomic E-state index is -0.291. The van der Waals surface area contributed by atoms with E-state index >= 15 is 0 Å². The molecule has 0 saturated carbocycles. The van der Waals surface area contributed by atoms with E-state index in [0.29, 0.717) is 6.42 Å². The van der Waals surface area contributed by atoms with Gasteiger partial charge in [0.15, 0.2) is 0 Å². The van der Waals surface area contributed by atoms with E-state index in [4.69, 9.17) is 5.73 Å². The molecule has 1 aromatic rings. The first kappa shape index (κ1) is 10.9. The summed E-state index contributed by atoms with van der Waals surface area (Å²) in [5.41, 5.74) is 6.97. The SMILES string of the molecule is CCC(=O)C(N)CCc1ccccc1. The fourth-order valence-corrected chi connectivity index (χ4v) is 1.39. The van der Waals surface area contributed by atoms with Gasteiger partial charge in [-0.1, -0.05) is 37.3 Å². The topological polar surface area (TPSA) is 43.1 Å². The van der Waals surface area contributed by atoms with Crippen molar-refractivity contribution in [3.8, 4) is 0 Å². The lowest BCUT2D eigenvalue weighted by Crippen LogP contribution is -2.30. The van der Waals surface area contributed by atoms with Gasteiger partial charge < -0.3 is 5.73 Å². The first-order valence-electron chi connectivity index (χ1n) is 5.06. The van der Waals surface area contributed by atoms with Crippen molar-refractivity contribution in [1.82, 2.24) is 0 Å². The number of hydrogen-bond acceptors (Lipinski definition) is 2. The molecule has 1 atom stereocenters. The lowest BCUT2D eigenvalue weighted by atomic mass is 10.0. The predicted octanol–water partition coefficient (Wildman–Crippen LogP) is 1.93. The third-order valence-electron chi connectivity index (χ3n) is 2.35. The van der Waals surface area contributed by atoms with Crippen LogP contribution in [0.15, 0.2) is 30.3 Å². The third kappa shape index (κ3) is 3.30. The molecule has 0 radical (unpaired) electrons. The molecule has 0 heterocycles. The first-order valence-corrected chi connectivity index (χ1v) is 5.06. The summed E-state index contributed by atoms with van der Waals surface area (Å²) in [5, 5.41) is 0. The molecule has 0 saturated heterocycles. The summed E-state index contributed by atoms with van der Waals surface area (Å²) in [7, 11) is 0. The molecule has 1 unspecified atom stereocenters. The summed E-state index contributed by atoms with van der Waals surface area (Å²) in [4.78, 5) is 11.2. The van der Waals surface area contributed by atoms with Crippen LogP contribution >= 0.6 is 0 Å². The summed E-state index contributed by atoms with van der Waals surface area (Å²) in [6.07, 6.45) is 2.17. The number of ketones is 1. The van der Waals surface area contributed by atoms with Crippen molar-refractivity contribution in [2.45, 2.75) is 32.2 Å². The molecular weight excluding hydrogens is 174 g/mol. The second kappa shape index (κ2) is 5.55. The van der Waals surface area contributed by atoms with Gasteiger partial charge in [0.25, 0.3) is 0 Å². The zero-order valence-corrected chi connectivity index (χ0v) is 8.57. The van der Waals surface area contributed by atoms with Gasteiger partial charge in [0.05, 0.1) is 6.04 Å². The van der Waals surface area contributed by atoms with E-state index in [9.17, 15) is 4.79 Å². The molecule has 0 bridgehead atoms. The molecule has 2 heteroatoms. The molecule has 0 aromatic heterocycles. The number of carbonyl (C=O) groups excluding carboxylic acids is 1. The van der Waals surface area contributed by atoms with Crippen molar-refractivity contribution in [2.24, 2.45) is 5.73 Å². The Kier molecular flexibility index (Phi) is 4.33. The van der Waals surface area contributed by atoms with Crippen molar-refractivity contribution >= 4 is 5.78 Å². The molecule has 0 fully saturated rings. The molecule has 0 aliphatic heterocycles. The Hall–Kier alpha value is -1.15. The monoisotopic (exact) mass is 191 g/mol. The second-order valence-corrected chi connectivity index (χ2v) is 3.45. The highest BCUT2D eigenvalue weighted by Gasteiger charge is 2.10. The van der Waals surface area contributed by atoms with Gasteiger partial charge in [-0.15, -0.1) is 0 Å². The van der Waals surface area contributed by atoms with E-state index in [0.717, 1.165) is 12.8 Å². The van der Waals surface area contributed by atoms with Gasteiger partial charge in [0.2, 0.25) is 0 Å². The highest BCUT2D eigenvalue weighted by atomic mass is 16.1. The quantitative estimate of drug-likeness (QED) is 0.772. The van der Waals surface area contributed by atoms with E-state index in [1.807, 2.05) is 25.1 Å². The van der Waals surface area contributed by atoms with Gasteiger partial charge in [-0.3, -0.25) is 4.79 Å². The van der Waals surface area contributed by atoms with Crippen molar-refractivity contribution in [3.63, 3.8) is 0 Å². The smallest absolute Gasteiger partial charge is 0.149 e. The average Bonchev–Trinajstić information content (AvgIpc) is 2.26. The Morgan fingerprint density at radius 1 is 1.36 bits per heavy atom. The molecule has 1 rings (SSSR count). The lowest BCUT2D eigenvalue weighted by Gasteiger charge is -2.08. The summed E-state index contributed by atoms with van der Waals surface area (Å²) in [5.74, 6) is 0.154. The van der Waals surface area contributed by atoms with E-state index in [-0.39, 0.29) is 11.8 Å². The Morgan fingerprint density at radius 3 is 2.57 bits per heavy atom. The molecule has 1 aromatic carbocycles.